The van der Waals surface area contributed by atoms with Gasteiger partial charge in [0.25, 0.3) is 5.91 Å². The van der Waals surface area contributed by atoms with Gasteiger partial charge in [0.2, 0.25) is 0 Å². The van der Waals surface area contributed by atoms with E-state index in [1.54, 1.807) is 12.5 Å². The Morgan fingerprint density at radius 1 is 1.39 bits per heavy atom. The van der Waals surface area contributed by atoms with Crippen molar-refractivity contribution < 1.29 is 9.21 Å². The first-order chi connectivity index (χ1) is 11.1. The van der Waals surface area contributed by atoms with Gasteiger partial charge in [0.15, 0.2) is 5.58 Å². The number of anilines is 1. The number of nitrogens with one attached hydrogen (secondary N) is 1. The van der Waals surface area contributed by atoms with Gasteiger partial charge >= 0.3 is 0 Å². The summed E-state index contributed by atoms with van der Waals surface area (Å²) in [7, 11) is 3.91. The van der Waals surface area contributed by atoms with Crippen LogP contribution in [-0.2, 0) is 0 Å². The summed E-state index contributed by atoms with van der Waals surface area (Å²) in [6, 6.07) is 2.07. The van der Waals surface area contributed by atoms with Crippen LogP contribution >= 0.6 is 0 Å². The van der Waals surface area contributed by atoms with Gasteiger partial charge < -0.3 is 19.5 Å². The van der Waals surface area contributed by atoms with Crippen molar-refractivity contribution in [2.75, 3.05) is 38.6 Å². The lowest BCUT2D eigenvalue weighted by Gasteiger charge is -2.44. The second kappa shape index (κ2) is 5.53. The Morgan fingerprint density at radius 3 is 2.83 bits per heavy atom. The van der Waals surface area contributed by atoms with E-state index in [2.05, 4.69) is 15.2 Å². The summed E-state index contributed by atoms with van der Waals surface area (Å²) < 4.78 is 5.49. The minimum absolute atomic E-state index is 0.0865. The van der Waals surface area contributed by atoms with Gasteiger partial charge in [-0.15, -0.1) is 0 Å². The Bertz CT molecular complexity index is 731. The third-order valence-corrected chi connectivity index (χ3v) is 5.13. The zero-order valence-corrected chi connectivity index (χ0v) is 13.6. The van der Waals surface area contributed by atoms with Crippen LogP contribution < -0.4 is 10.2 Å². The normalized spacial score (nSPS) is 26.4. The summed E-state index contributed by atoms with van der Waals surface area (Å²) in [5.41, 5.74) is 2.12. The minimum Gasteiger partial charge on any atom is -0.460 e. The van der Waals surface area contributed by atoms with Gasteiger partial charge in [-0.05, 0) is 37.9 Å². The first kappa shape index (κ1) is 14.5. The van der Waals surface area contributed by atoms with Crippen LogP contribution in [0.15, 0.2) is 22.9 Å². The Balaban J connectivity index is 1.56. The van der Waals surface area contributed by atoms with E-state index in [1.165, 1.54) is 25.9 Å². The molecule has 1 atom stereocenters. The molecule has 5 rings (SSSR count). The molecular weight excluding hydrogens is 292 g/mol. The van der Waals surface area contributed by atoms with E-state index >= 15 is 0 Å². The molecule has 5 heterocycles. The van der Waals surface area contributed by atoms with E-state index in [-0.39, 0.29) is 11.9 Å². The maximum Gasteiger partial charge on any atom is 0.270 e. The monoisotopic (exact) mass is 314 g/mol. The fraction of sp³-hybridized carbons (Fsp3) is 0.529. The minimum atomic E-state index is -0.0865. The second-order valence-corrected chi connectivity index (χ2v) is 6.80. The SMILES string of the molecule is CN(C)c1coc2cnc(C(=O)N[C@H]3CN4CCC3CC4)cc12. The average molecular weight is 314 g/mol. The molecule has 3 saturated heterocycles. The van der Waals surface area contributed by atoms with Crippen LogP contribution in [0.1, 0.15) is 23.3 Å². The predicted molar refractivity (Wildman–Crippen MR) is 88.8 cm³/mol. The van der Waals surface area contributed by atoms with Crippen molar-refractivity contribution in [1.82, 2.24) is 15.2 Å². The lowest BCUT2D eigenvalue weighted by atomic mass is 9.84. The summed E-state index contributed by atoms with van der Waals surface area (Å²) in [4.78, 5) is 21.3. The molecule has 0 radical (unpaired) electrons. The highest BCUT2D eigenvalue weighted by molar-refractivity contribution is 5.99. The number of furan rings is 1. The number of nitrogens with zero attached hydrogens (tertiary/aromatic N) is 3. The quantitative estimate of drug-likeness (QED) is 0.934. The molecule has 0 saturated carbocycles. The molecule has 122 valence electrons. The van der Waals surface area contributed by atoms with Gasteiger partial charge in [-0.25, -0.2) is 4.98 Å². The number of piperidine rings is 3. The lowest BCUT2D eigenvalue weighted by molar-refractivity contribution is 0.0618. The molecule has 0 aliphatic carbocycles. The molecule has 6 nitrogen and oxygen atoms in total. The zero-order chi connectivity index (χ0) is 16.0. The van der Waals surface area contributed by atoms with E-state index in [9.17, 15) is 4.79 Å². The maximum atomic E-state index is 12.6. The van der Waals surface area contributed by atoms with Crippen LogP contribution in [-0.4, -0.2) is 55.6 Å². The van der Waals surface area contributed by atoms with E-state index in [4.69, 9.17) is 4.42 Å². The van der Waals surface area contributed by atoms with Crippen LogP contribution in [0, 0.1) is 5.92 Å². The molecule has 0 aromatic carbocycles. The highest BCUT2D eigenvalue weighted by atomic mass is 16.3. The van der Waals surface area contributed by atoms with Crippen molar-refractivity contribution in [3.8, 4) is 0 Å². The number of carbonyl (C=O) groups is 1. The molecular formula is C17H22N4O2. The third kappa shape index (κ3) is 2.57. The molecule has 0 spiro atoms. The smallest absolute Gasteiger partial charge is 0.270 e. The van der Waals surface area contributed by atoms with Crippen LogP contribution in [0.2, 0.25) is 0 Å². The molecule has 23 heavy (non-hydrogen) atoms. The molecule has 2 aromatic heterocycles. The summed E-state index contributed by atoms with van der Waals surface area (Å²) >= 11 is 0. The maximum absolute atomic E-state index is 12.6. The lowest BCUT2D eigenvalue weighted by Crippen LogP contribution is -2.57. The van der Waals surface area contributed by atoms with E-state index in [0.29, 0.717) is 17.2 Å². The molecule has 0 unspecified atom stereocenters. The molecule has 6 heteroatoms. The van der Waals surface area contributed by atoms with E-state index < -0.39 is 0 Å². The summed E-state index contributed by atoms with van der Waals surface area (Å²) in [5, 5.41) is 4.11. The molecule has 2 bridgehead atoms. The Morgan fingerprint density at radius 2 is 2.17 bits per heavy atom. The molecule has 3 fully saturated rings. The van der Waals surface area contributed by atoms with Crippen LogP contribution in [0.3, 0.4) is 0 Å². The van der Waals surface area contributed by atoms with Gasteiger partial charge in [-0.1, -0.05) is 0 Å². The number of rotatable bonds is 3. The van der Waals surface area contributed by atoms with Crippen molar-refractivity contribution in [1.29, 1.82) is 0 Å². The topological polar surface area (TPSA) is 61.6 Å². The number of carbonyl (C=O) groups excluding carboxylic acids is 1. The number of amides is 1. The third-order valence-electron chi connectivity index (χ3n) is 5.13. The van der Waals surface area contributed by atoms with Crippen molar-refractivity contribution in [2.24, 2.45) is 5.92 Å². The van der Waals surface area contributed by atoms with Crippen LogP contribution in [0.5, 0.6) is 0 Å². The number of pyridine rings is 1. The van der Waals surface area contributed by atoms with Gasteiger partial charge in [-0.3, -0.25) is 4.79 Å². The van der Waals surface area contributed by atoms with E-state index in [0.717, 1.165) is 17.6 Å². The highest BCUT2D eigenvalue weighted by Gasteiger charge is 2.35. The number of fused-ring (bicyclic) bond motifs is 4. The average Bonchev–Trinajstić information content (AvgIpc) is 2.99. The van der Waals surface area contributed by atoms with Crippen molar-refractivity contribution in [2.45, 2.75) is 18.9 Å². The highest BCUT2D eigenvalue weighted by Crippen LogP contribution is 2.29. The zero-order valence-electron chi connectivity index (χ0n) is 13.6. The van der Waals surface area contributed by atoms with Crippen molar-refractivity contribution >= 4 is 22.6 Å². The van der Waals surface area contributed by atoms with E-state index in [1.807, 2.05) is 25.1 Å². The largest absolute Gasteiger partial charge is 0.460 e. The fourth-order valence-electron chi connectivity index (χ4n) is 3.76. The first-order valence-electron chi connectivity index (χ1n) is 8.19. The van der Waals surface area contributed by atoms with Gasteiger partial charge in [0, 0.05) is 32.1 Å². The Labute approximate surface area is 135 Å². The summed E-state index contributed by atoms with van der Waals surface area (Å²) in [6.07, 6.45) is 5.70. The van der Waals surface area contributed by atoms with Crippen LogP contribution in [0.25, 0.3) is 11.0 Å². The molecule has 2 aromatic rings. The molecule has 3 aliphatic heterocycles. The summed E-state index contributed by atoms with van der Waals surface area (Å²) in [5.74, 6) is 0.524. The van der Waals surface area contributed by atoms with Gasteiger partial charge in [0.05, 0.1) is 11.9 Å². The van der Waals surface area contributed by atoms with Crippen LogP contribution in [0.4, 0.5) is 5.69 Å². The first-order valence-corrected chi connectivity index (χ1v) is 8.19. The fourth-order valence-corrected chi connectivity index (χ4v) is 3.76. The standard InChI is InChI=1S/C17H22N4O2/c1-20(2)15-10-23-16-8-18-13(7-12(15)16)17(22)19-14-9-21-5-3-11(14)4-6-21/h7-8,10-11,14H,3-6,9H2,1-2H3,(H,19,22)/t14-/m0/s1. The van der Waals surface area contributed by atoms with Crippen molar-refractivity contribution in [3.05, 3.63) is 24.2 Å². The Hall–Kier alpha value is -2.08. The summed E-state index contributed by atoms with van der Waals surface area (Å²) in [6.45, 7) is 3.30. The molecule has 3 aliphatic rings. The molecule has 1 amide bonds. The van der Waals surface area contributed by atoms with Gasteiger partial charge in [0.1, 0.15) is 12.0 Å². The number of hydrogen-bond donors (Lipinski definition) is 1. The van der Waals surface area contributed by atoms with Crippen molar-refractivity contribution in [3.63, 3.8) is 0 Å². The Kier molecular flexibility index (Phi) is 3.49. The number of aromatic nitrogens is 1. The van der Waals surface area contributed by atoms with Gasteiger partial charge in [-0.2, -0.15) is 0 Å². The predicted octanol–water partition coefficient (Wildman–Crippen LogP) is 1.72. The molecule has 1 N–H and O–H groups in total. The number of hydrogen-bond acceptors (Lipinski definition) is 5. The second-order valence-electron chi connectivity index (χ2n) is 6.80.